The van der Waals surface area contributed by atoms with Gasteiger partial charge in [0, 0.05) is 30.9 Å². The Labute approximate surface area is 136 Å². The summed E-state index contributed by atoms with van der Waals surface area (Å²) in [6.07, 6.45) is 7.04. The molecule has 1 fully saturated rings. The van der Waals surface area contributed by atoms with E-state index in [2.05, 4.69) is 50.6 Å². The molecule has 0 aliphatic carbocycles. The Kier molecular flexibility index (Phi) is 5.85. The maximum absolute atomic E-state index is 5.80. The molecule has 124 valence electrons. The van der Waals surface area contributed by atoms with Gasteiger partial charge in [-0.25, -0.2) is 4.98 Å². The molecule has 0 N–H and O–H groups in total. The Balaban J connectivity index is 1.74. The average Bonchev–Trinajstić information content (AvgIpc) is 2.45. The molecule has 2 heterocycles. The van der Waals surface area contributed by atoms with Crippen LogP contribution in [0.2, 0.25) is 0 Å². The Morgan fingerprint density at radius 2 is 1.86 bits per heavy atom. The Hall–Kier alpha value is -1.09. The van der Waals surface area contributed by atoms with Gasteiger partial charge in [0.1, 0.15) is 0 Å². The van der Waals surface area contributed by atoms with Crippen molar-refractivity contribution >= 4 is 0 Å². The van der Waals surface area contributed by atoms with Crippen LogP contribution in [0.5, 0.6) is 5.88 Å². The predicted molar refractivity (Wildman–Crippen MR) is 92.5 cm³/mol. The smallest absolute Gasteiger partial charge is 0.213 e. The Bertz CT molecular complexity index is 439. The third kappa shape index (κ3) is 4.70. The van der Waals surface area contributed by atoms with Crippen molar-refractivity contribution in [1.29, 1.82) is 0 Å². The quantitative estimate of drug-likeness (QED) is 0.753. The second-order valence-electron chi connectivity index (χ2n) is 7.70. The Morgan fingerprint density at radius 3 is 2.41 bits per heavy atom. The van der Waals surface area contributed by atoms with E-state index in [1.807, 2.05) is 12.3 Å². The van der Waals surface area contributed by atoms with Gasteiger partial charge in [-0.2, -0.15) is 0 Å². The van der Waals surface area contributed by atoms with Crippen molar-refractivity contribution in [2.45, 2.75) is 77.8 Å². The molecule has 1 saturated heterocycles. The summed E-state index contributed by atoms with van der Waals surface area (Å²) >= 11 is 0. The van der Waals surface area contributed by atoms with Crippen molar-refractivity contribution in [2.75, 3.05) is 13.2 Å². The molecule has 3 heteroatoms. The molecule has 0 unspecified atom stereocenters. The van der Waals surface area contributed by atoms with Gasteiger partial charge in [0.2, 0.25) is 5.88 Å². The van der Waals surface area contributed by atoms with Gasteiger partial charge in [-0.1, -0.05) is 33.3 Å². The zero-order chi connectivity index (χ0) is 16.2. The standard InChI is InChI=1S/C19H32N2O/c1-15-8-6-9-16(2)21(15)12-7-13-22-18-11-10-17(14-20-18)19(3,4)5/h10-11,14-16H,6-9,12-13H2,1-5H3/t15-,16+. The topological polar surface area (TPSA) is 25.4 Å². The van der Waals surface area contributed by atoms with Gasteiger partial charge in [0.05, 0.1) is 6.61 Å². The molecule has 0 amide bonds. The molecular formula is C19H32N2O. The van der Waals surface area contributed by atoms with Crippen LogP contribution in [0.1, 0.15) is 65.9 Å². The lowest BCUT2D eigenvalue weighted by atomic mass is 9.88. The van der Waals surface area contributed by atoms with E-state index >= 15 is 0 Å². The zero-order valence-electron chi connectivity index (χ0n) is 14.9. The molecule has 0 spiro atoms. The monoisotopic (exact) mass is 304 g/mol. The highest BCUT2D eigenvalue weighted by Crippen LogP contribution is 2.23. The van der Waals surface area contributed by atoms with E-state index in [9.17, 15) is 0 Å². The Morgan fingerprint density at radius 1 is 1.18 bits per heavy atom. The largest absolute Gasteiger partial charge is 0.478 e. The number of hydrogen-bond acceptors (Lipinski definition) is 3. The lowest BCUT2D eigenvalue weighted by molar-refractivity contribution is 0.0958. The molecule has 0 bridgehead atoms. The van der Waals surface area contributed by atoms with Crippen LogP contribution in [-0.4, -0.2) is 35.1 Å². The molecule has 1 aromatic heterocycles. The van der Waals surface area contributed by atoms with Crippen LogP contribution in [0, 0.1) is 0 Å². The minimum absolute atomic E-state index is 0.145. The number of piperidine rings is 1. The molecule has 2 rings (SSSR count). The van der Waals surface area contributed by atoms with Crippen molar-refractivity contribution in [3.63, 3.8) is 0 Å². The molecule has 1 aliphatic heterocycles. The first-order chi connectivity index (χ1) is 10.4. The molecule has 2 atom stereocenters. The van der Waals surface area contributed by atoms with E-state index in [1.54, 1.807) is 0 Å². The van der Waals surface area contributed by atoms with E-state index in [1.165, 1.54) is 24.8 Å². The van der Waals surface area contributed by atoms with Gasteiger partial charge in [0.15, 0.2) is 0 Å². The minimum atomic E-state index is 0.145. The molecule has 0 aromatic carbocycles. The number of aromatic nitrogens is 1. The SMILES string of the molecule is C[C@@H]1CCC[C@H](C)N1CCCOc1ccc(C(C)(C)C)cn1. The average molecular weight is 304 g/mol. The summed E-state index contributed by atoms with van der Waals surface area (Å²) in [6, 6.07) is 5.55. The van der Waals surface area contributed by atoms with Crippen molar-refractivity contribution in [1.82, 2.24) is 9.88 Å². The van der Waals surface area contributed by atoms with Crippen LogP contribution in [0.25, 0.3) is 0 Å². The fourth-order valence-electron chi connectivity index (χ4n) is 3.25. The first-order valence-corrected chi connectivity index (χ1v) is 8.73. The van der Waals surface area contributed by atoms with Crippen molar-refractivity contribution in [3.05, 3.63) is 23.9 Å². The fraction of sp³-hybridized carbons (Fsp3) is 0.737. The summed E-state index contributed by atoms with van der Waals surface area (Å²) in [6.45, 7) is 13.2. The van der Waals surface area contributed by atoms with Gasteiger partial charge in [0.25, 0.3) is 0 Å². The van der Waals surface area contributed by atoms with Crippen LogP contribution in [0.15, 0.2) is 18.3 Å². The molecule has 0 radical (unpaired) electrons. The number of likely N-dealkylation sites (tertiary alicyclic amines) is 1. The second-order valence-corrected chi connectivity index (χ2v) is 7.70. The van der Waals surface area contributed by atoms with E-state index in [4.69, 9.17) is 4.74 Å². The van der Waals surface area contributed by atoms with Crippen LogP contribution in [-0.2, 0) is 5.41 Å². The molecule has 1 aromatic rings. The zero-order valence-corrected chi connectivity index (χ0v) is 14.9. The third-order valence-electron chi connectivity index (χ3n) is 4.79. The summed E-state index contributed by atoms with van der Waals surface area (Å²) < 4.78 is 5.80. The van der Waals surface area contributed by atoms with Gasteiger partial charge in [-0.15, -0.1) is 0 Å². The second kappa shape index (κ2) is 7.45. The van der Waals surface area contributed by atoms with Gasteiger partial charge >= 0.3 is 0 Å². The first-order valence-electron chi connectivity index (χ1n) is 8.73. The molecule has 0 saturated carbocycles. The van der Waals surface area contributed by atoms with Gasteiger partial charge in [-0.3, -0.25) is 4.90 Å². The van der Waals surface area contributed by atoms with Crippen molar-refractivity contribution in [3.8, 4) is 5.88 Å². The third-order valence-corrected chi connectivity index (χ3v) is 4.79. The van der Waals surface area contributed by atoms with E-state index < -0.39 is 0 Å². The maximum Gasteiger partial charge on any atom is 0.213 e. The lowest BCUT2D eigenvalue weighted by Crippen LogP contribution is -2.44. The molecule has 1 aliphatic rings. The minimum Gasteiger partial charge on any atom is -0.478 e. The van der Waals surface area contributed by atoms with E-state index in [0.717, 1.165) is 25.5 Å². The fourth-order valence-corrected chi connectivity index (χ4v) is 3.25. The van der Waals surface area contributed by atoms with E-state index in [0.29, 0.717) is 12.1 Å². The normalized spacial score (nSPS) is 23.5. The van der Waals surface area contributed by atoms with Crippen LogP contribution in [0.3, 0.4) is 0 Å². The summed E-state index contributed by atoms with van der Waals surface area (Å²) in [7, 11) is 0. The number of hydrogen-bond donors (Lipinski definition) is 0. The number of nitrogens with zero attached hydrogens (tertiary/aromatic N) is 2. The number of rotatable bonds is 5. The van der Waals surface area contributed by atoms with Crippen molar-refractivity contribution in [2.24, 2.45) is 0 Å². The highest BCUT2D eigenvalue weighted by molar-refractivity contribution is 5.23. The first kappa shape index (κ1) is 17.3. The summed E-state index contributed by atoms with van der Waals surface area (Å²) in [5.74, 6) is 0.743. The molecule has 22 heavy (non-hydrogen) atoms. The van der Waals surface area contributed by atoms with E-state index in [-0.39, 0.29) is 5.41 Å². The summed E-state index contributed by atoms with van der Waals surface area (Å²) in [4.78, 5) is 7.05. The van der Waals surface area contributed by atoms with Crippen LogP contribution in [0.4, 0.5) is 0 Å². The summed E-state index contributed by atoms with van der Waals surface area (Å²) in [5.41, 5.74) is 1.39. The number of pyridine rings is 1. The predicted octanol–water partition coefficient (Wildman–Crippen LogP) is 4.41. The van der Waals surface area contributed by atoms with Crippen molar-refractivity contribution < 1.29 is 4.74 Å². The highest BCUT2D eigenvalue weighted by Gasteiger charge is 2.23. The van der Waals surface area contributed by atoms with Crippen LogP contribution >= 0.6 is 0 Å². The van der Waals surface area contributed by atoms with Crippen LogP contribution < -0.4 is 4.74 Å². The maximum atomic E-state index is 5.80. The molecular weight excluding hydrogens is 272 g/mol. The lowest BCUT2D eigenvalue weighted by Gasteiger charge is -2.39. The van der Waals surface area contributed by atoms with Gasteiger partial charge < -0.3 is 4.74 Å². The van der Waals surface area contributed by atoms with Gasteiger partial charge in [-0.05, 0) is 44.1 Å². The summed E-state index contributed by atoms with van der Waals surface area (Å²) in [5, 5.41) is 0. The number of ether oxygens (including phenoxy) is 1. The highest BCUT2D eigenvalue weighted by atomic mass is 16.5. The molecule has 3 nitrogen and oxygen atoms in total.